The number of amides is 1. The van der Waals surface area contributed by atoms with E-state index < -0.39 is 0 Å². The highest BCUT2D eigenvalue weighted by Crippen LogP contribution is 2.26. The molecule has 0 spiro atoms. The number of hydrogen-bond donors (Lipinski definition) is 1. The van der Waals surface area contributed by atoms with Crippen LogP contribution < -0.4 is 5.32 Å². The van der Waals surface area contributed by atoms with Crippen LogP contribution in [0.4, 0.5) is 10.1 Å². The van der Waals surface area contributed by atoms with Gasteiger partial charge in [-0.15, -0.1) is 0 Å². The van der Waals surface area contributed by atoms with Crippen LogP contribution in [0.3, 0.4) is 0 Å². The van der Waals surface area contributed by atoms with E-state index in [4.69, 9.17) is 0 Å². The van der Waals surface area contributed by atoms with Gasteiger partial charge in [-0.05, 0) is 48.7 Å². The number of amidine groups is 1. The standard InChI is InChI=1S/C17H15FN2OS/c1-11-4-2-3-5-12(11)10-15-16(21)20-17(22-15)19-14-8-6-13(18)7-9-14/h2-9,15H,10H2,1H3,(H,19,20,21). The van der Waals surface area contributed by atoms with E-state index in [-0.39, 0.29) is 17.0 Å². The van der Waals surface area contributed by atoms with E-state index in [1.54, 1.807) is 12.1 Å². The molecule has 1 amide bonds. The second-order valence-electron chi connectivity index (χ2n) is 5.12. The molecule has 1 unspecified atom stereocenters. The van der Waals surface area contributed by atoms with Gasteiger partial charge in [0.1, 0.15) is 5.82 Å². The smallest absolute Gasteiger partial charge is 0.239 e. The number of nitrogens with one attached hydrogen (secondary N) is 1. The average molecular weight is 314 g/mol. The third-order valence-electron chi connectivity index (χ3n) is 3.50. The molecule has 3 rings (SSSR count). The average Bonchev–Trinajstić information content (AvgIpc) is 2.84. The largest absolute Gasteiger partial charge is 0.304 e. The van der Waals surface area contributed by atoms with Crippen molar-refractivity contribution in [2.75, 3.05) is 0 Å². The van der Waals surface area contributed by atoms with Gasteiger partial charge in [0.25, 0.3) is 0 Å². The summed E-state index contributed by atoms with van der Waals surface area (Å²) >= 11 is 1.42. The van der Waals surface area contributed by atoms with Gasteiger partial charge in [-0.1, -0.05) is 36.0 Å². The topological polar surface area (TPSA) is 41.5 Å². The number of halogens is 1. The normalized spacial score (nSPS) is 19.5. The molecule has 1 aliphatic rings. The highest BCUT2D eigenvalue weighted by molar-refractivity contribution is 8.15. The van der Waals surface area contributed by atoms with E-state index in [2.05, 4.69) is 10.3 Å². The lowest BCUT2D eigenvalue weighted by Crippen LogP contribution is -2.26. The lowest BCUT2D eigenvalue weighted by atomic mass is 10.0. The number of carbonyl (C=O) groups excluding carboxylic acids is 1. The number of rotatable bonds is 3. The van der Waals surface area contributed by atoms with Crippen LogP contribution in [-0.4, -0.2) is 16.3 Å². The quantitative estimate of drug-likeness (QED) is 0.940. The molecule has 0 saturated carbocycles. The zero-order valence-corrected chi connectivity index (χ0v) is 12.9. The number of aliphatic imine (C=N–C) groups is 1. The van der Waals surface area contributed by atoms with Crippen molar-refractivity contribution >= 4 is 28.5 Å². The van der Waals surface area contributed by atoms with Crippen molar-refractivity contribution in [3.8, 4) is 0 Å². The number of nitrogens with zero attached hydrogens (tertiary/aromatic N) is 1. The van der Waals surface area contributed by atoms with Gasteiger partial charge >= 0.3 is 0 Å². The Kier molecular flexibility index (Phi) is 4.24. The Balaban J connectivity index is 1.73. The molecule has 0 bridgehead atoms. The third-order valence-corrected chi connectivity index (χ3v) is 4.58. The maximum Gasteiger partial charge on any atom is 0.239 e. The van der Waals surface area contributed by atoms with Crippen molar-refractivity contribution in [2.45, 2.75) is 18.6 Å². The molecule has 3 nitrogen and oxygen atoms in total. The molecule has 2 aromatic carbocycles. The van der Waals surface area contributed by atoms with Gasteiger partial charge in [0.15, 0.2) is 5.17 Å². The Labute approximate surface area is 132 Å². The van der Waals surface area contributed by atoms with Gasteiger partial charge in [0, 0.05) is 0 Å². The van der Waals surface area contributed by atoms with Crippen molar-refractivity contribution in [3.63, 3.8) is 0 Å². The van der Waals surface area contributed by atoms with Crippen molar-refractivity contribution in [2.24, 2.45) is 4.99 Å². The summed E-state index contributed by atoms with van der Waals surface area (Å²) in [6.45, 7) is 2.04. The summed E-state index contributed by atoms with van der Waals surface area (Å²) in [5, 5.41) is 3.17. The lowest BCUT2D eigenvalue weighted by molar-refractivity contribution is -0.118. The van der Waals surface area contributed by atoms with Crippen LogP contribution in [0.5, 0.6) is 0 Å². The van der Waals surface area contributed by atoms with Crippen LogP contribution in [0.1, 0.15) is 11.1 Å². The van der Waals surface area contributed by atoms with Gasteiger partial charge in [0.2, 0.25) is 5.91 Å². The second-order valence-corrected chi connectivity index (χ2v) is 6.31. The van der Waals surface area contributed by atoms with Gasteiger partial charge in [-0.3, -0.25) is 4.79 Å². The molecule has 0 aromatic heterocycles. The first-order chi connectivity index (χ1) is 10.6. The third kappa shape index (κ3) is 3.36. The van der Waals surface area contributed by atoms with E-state index >= 15 is 0 Å². The summed E-state index contributed by atoms with van der Waals surface area (Å²) in [5.74, 6) is -0.335. The number of hydrogen-bond acceptors (Lipinski definition) is 3. The molecule has 112 valence electrons. The van der Waals surface area contributed by atoms with Crippen molar-refractivity contribution in [1.82, 2.24) is 5.32 Å². The molecule has 2 aromatic rings. The molecule has 1 atom stereocenters. The zero-order chi connectivity index (χ0) is 15.5. The summed E-state index contributed by atoms with van der Waals surface area (Å²) in [6, 6.07) is 13.9. The Morgan fingerprint density at radius 2 is 1.91 bits per heavy atom. The van der Waals surface area contributed by atoms with E-state index in [0.717, 1.165) is 5.56 Å². The van der Waals surface area contributed by atoms with E-state index in [1.807, 2.05) is 31.2 Å². The molecule has 0 aliphatic carbocycles. The highest BCUT2D eigenvalue weighted by atomic mass is 32.2. The van der Waals surface area contributed by atoms with Crippen LogP contribution in [-0.2, 0) is 11.2 Å². The molecular formula is C17H15FN2OS. The number of thioether (sulfide) groups is 1. The summed E-state index contributed by atoms with van der Waals surface area (Å²) in [6.07, 6.45) is 0.672. The maximum absolute atomic E-state index is 12.9. The highest BCUT2D eigenvalue weighted by Gasteiger charge is 2.30. The van der Waals surface area contributed by atoms with Gasteiger partial charge in [-0.2, -0.15) is 0 Å². The predicted octanol–water partition coefficient (Wildman–Crippen LogP) is 3.60. The number of aryl methyl sites for hydroxylation is 1. The van der Waals surface area contributed by atoms with E-state index in [9.17, 15) is 9.18 Å². The van der Waals surface area contributed by atoms with E-state index in [1.165, 1.54) is 29.5 Å². The summed E-state index contributed by atoms with van der Waals surface area (Å²) in [7, 11) is 0. The summed E-state index contributed by atoms with van der Waals surface area (Å²) in [5.41, 5.74) is 2.97. The predicted molar refractivity (Wildman–Crippen MR) is 87.9 cm³/mol. The Morgan fingerprint density at radius 3 is 2.64 bits per heavy atom. The van der Waals surface area contributed by atoms with Crippen molar-refractivity contribution in [1.29, 1.82) is 0 Å². The SMILES string of the molecule is Cc1ccccc1CC1SC(=Nc2ccc(F)cc2)NC1=O. The Hall–Kier alpha value is -2.14. The molecule has 0 radical (unpaired) electrons. The van der Waals surface area contributed by atoms with Crippen molar-refractivity contribution in [3.05, 3.63) is 65.5 Å². The monoisotopic (exact) mass is 314 g/mol. The van der Waals surface area contributed by atoms with Crippen LogP contribution in [0.25, 0.3) is 0 Å². The van der Waals surface area contributed by atoms with Crippen LogP contribution >= 0.6 is 11.8 Å². The summed E-state index contributed by atoms with van der Waals surface area (Å²) in [4.78, 5) is 16.4. The molecule has 1 N–H and O–H groups in total. The minimum absolute atomic E-state index is 0.0332. The first-order valence-corrected chi connectivity index (χ1v) is 7.86. The van der Waals surface area contributed by atoms with Crippen LogP contribution in [0, 0.1) is 12.7 Å². The molecule has 1 fully saturated rings. The van der Waals surface area contributed by atoms with Gasteiger partial charge in [-0.25, -0.2) is 9.38 Å². The number of carbonyl (C=O) groups is 1. The first-order valence-electron chi connectivity index (χ1n) is 6.98. The fraction of sp³-hybridized carbons (Fsp3) is 0.176. The zero-order valence-electron chi connectivity index (χ0n) is 12.0. The number of benzene rings is 2. The first kappa shape index (κ1) is 14.8. The van der Waals surface area contributed by atoms with Gasteiger partial charge in [0.05, 0.1) is 10.9 Å². The minimum atomic E-state index is -0.301. The van der Waals surface area contributed by atoms with Crippen molar-refractivity contribution < 1.29 is 9.18 Å². The molecular weight excluding hydrogens is 299 g/mol. The fourth-order valence-corrected chi connectivity index (χ4v) is 3.28. The Morgan fingerprint density at radius 1 is 1.18 bits per heavy atom. The fourth-order valence-electron chi connectivity index (χ4n) is 2.26. The molecule has 1 saturated heterocycles. The summed E-state index contributed by atoms with van der Waals surface area (Å²) < 4.78 is 12.9. The maximum atomic E-state index is 12.9. The molecule has 1 aliphatic heterocycles. The minimum Gasteiger partial charge on any atom is -0.304 e. The lowest BCUT2D eigenvalue weighted by Gasteiger charge is -2.08. The van der Waals surface area contributed by atoms with Crippen LogP contribution in [0.2, 0.25) is 0 Å². The van der Waals surface area contributed by atoms with E-state index in [0.29, 0.717) is 17.3 Å². The molecule has 1 heterocycles. The second kappa shape index (κ2) is 6.32. The van der Waals surface area contributed by atoms with Gasteiger partial charge < -0.3 is 5.32 Å². The molecule has 22 heavy (non-hydrogen) atoms. The van der Waals surface area contributed by atoms with Crippen LogP contribution in [0.15, 0.2) is 53.5 Å². The molecule has 5 heteroatoms. The Bertz CT molecular complexity index is 728.